The molecule has 0 saturated heterocycles. The summed E-state index contributed by atoms with van der Waals surface area (Å²) in [7, 11) is 0. The third-order valence-corrected chi connectivity index (χ3v) is 2.71. The Morgan fingerprint density at radius 1 is 1.07 bits per heavy atom. The van der Waals surface area contributed by atoms with Gasteiger partial charge in [0.15, 0.2) is 0 Å². The van der Waals surface area contributed by atoms with Crippen LogP contribution in [-0.2, 0) is 0 Å². The van der Waals surface area contributed by atoms with Crippen molar-refractivity contribution in [2.75, 3.05) is 0 Å². The quantitative estimate of drug-likeness (QED) is 0.617. The van der Waals surface area contributed by atoms with Crippen molar-refractivity contribution in [3.05, 3.63) is 47.0 Å². The van der Waals surface area contributed by atoms with Crippen molar-refractivity contribution in [2.45, 2.75) is 46.5 Å². The van der Waals surface area contributed by atoms with Crippen LogP contribution in [0.1, 0.15) is 49.3 Å². The van der Waals surface area contributed by atoms with E-state index in [1.54, 1.807) is 0 Å². The van der Waals surface area contributed by atoms with Gasteiger partial charge in [0, 0.05) is 0 Å². The summed E-state index contributed by atoms with van der Waals surface area (Å²) in [5, 5.41) is 0. The lowest BCUT2D eigenvalue weighted by atomic mass is 9.94. The number of benzene rings is 1. The molecular formula is C15H22. The standard InChI is InChI=1S/C15H22/c1-5-6-7-8-14(4)15-10-12(2)9-13(3)11-15/h6-7,9-11,14H,5,8H2,1-4H3/b7-6-. The summed E-state index contributed by atoms with van der Waals surface area (Å²) < 4.78 is 0. The highest BCUT2D eigenvalue weighted by Gasteiger charge is 2.04. The summed E-state index contributed by atoms with van der Waals surface area (Å²) in [6.45, 7) is 8.82. The number of hydrogen-bond acceptors (Lipinski definition) is 0. The Hall–Kier alpha value is -1.04. The zero-order chi connectivity index (χ0) is 11.3. The van der Waals surface area contributed by atoms with E-state index in [2.05, 4.69) is 58.0 Å². The van der Waals surface area contributed by atoms with Crippen molar-refractivity contribution < 1.29 is 0 Å². The van der Waals surface area contributed by atoms with Crippen molar-refractivity contribution in [3.8, 4) is 0 Å². The molecule has 1 rings (SSSR count). The zero-order valence-corrected chi connectivity index (χ0v) is 10.4. The zero-order valence-electron chi connectivity index (χ0n) is 10.4. The molecule has 0 nitrogen and oxygen atoms in total. The number of aryl methyl sites for hydroxylation is 2. The van der Waals surface area contributed by atoms with Crippen LogP contribution in [0.25, 0.3) is 0 Å². The average molecular weight is 202 g/mol. The fourth-order valence-corrected chi connectivity index (χ4v) is 1.90. The van der Waals surface area contributed by atoms with Gasteiger partial charge in [-0.2, -0.15) is 0 Å². The van der Waals surface area contributed by atoms with Crippen LogP contribution in [0, 0.1) is 13.8 Å². The normalized spacial score (nSPS) is 13.3. The van der Waals surface area contributed by atoms with E-state index in [1.807, 2.05) is 0 Å². The molecule has 0 aromatic heterocycles. The molecule has 1 atom stereocenters. The van der Waals surface area contributed by atoms with E-state index in [4.69, 9.17) is 0 Å². The molecule has 0 heterocycles. The summed E-state index contributed by atoms with van der Waals surface area (Å²) >= 11 is 0. The lowest BCUT2D eigenvalue weighted by molar-refractivity contribution is 0.776. The molecule has 0 N–H and O–H groups in total. The van der Waals surface area contributed by atoms with E-state index in [-0.39, 0.29) is 0 Å². The maximum absolute atomic E-state index is 2.30. The summed E-state index contributed by atoms with van der Waals surface area (Å²) in [5.41, 5.74) is 4.21. The first kappa shape index (κ1) is 12.0. The Kier molecular flexibility index (Phi) is 4.61. The summed E-state index contributed by atoms with van der Waals surface area (Å²) in [4.78, 5) is 0. The van der Waals surface area contributed by atoms with E-state index in [1.165, 1.54) is 16.7 Å². The molecule has 0 heteroatoms. The molecule has 0 radical (unpaired) electrons. The number of allylic oxidation sites excluding steroid dienone is 2. The van der Waals surface area contributed by atoms with Gasteiger partial charge in [0.05, 0.1) is 0 Å². The molecular weight excluding hydrogens is 180 g/mol. The second kappa shape index (κ2) is 5.75. The molecule has 15 heavy (non-hydrogen) atoms. The molecule has 0 spiro atoms. The molecule has 0 aliphatic rings. The smallest absolute Gasteiger partial charge is 0.0156 e. The summed E-state index contributed by atoms with van der Waals surface area (Å²) in [6.07, 6.45) is 6.83. The van der Waals surface area contributed by atoms with Gasteiger partial charge in [-0.25, -0.2) is 0 Å². The SMILES string of the molecule is CC/C=C\CC(C)c1cc(C)cc(C)c1. The Labute approximate surface area is 94.0 Å². The Morgan fingerprint density at radius 2 is 1.67 bits per heavy atom. The van der Waals surface area contributed by atoms with E-state index in [9.17, 15) is 0 Å². The molecule has 1 unspecified atom stereocenters. The molecule has 1 aromatic rings. The molecule has 0 fully saturated rings. The Morgan fingerprint density at radius 3 is 2.20 bits per heavy atom. The summed E-state index contributed by atoms with van der Waals surface area (Å²) in [5.74, 6) is 0.631. The second-order valence-electron chi connectivity index (χ2n) is 4.44. The first-order chi connectivity index (χ1) is 7.13. The fourth-order valence-electron chi connectivity index (χ4n) is 1.90. The van der Waals surface area contributed by atoms with Crippen molar-refractivity contribution >= 4 is 0 Å². The Bertz CT molecular complexity index is 314. The van der Waals surface area contributed by atoms with Gasteiger partial charge in [0.25, 0.3) is 0 Å². The maximum atomic E-state index is 2.30. The first-order valence-corrected chi connectivity index (χ1v) is 5.86. The van der Waals surface area contributed by atoms with Gasteiger partial charge in [-0.15, -0.1) is 0 Å². The minimum atomic E-state index is 0.631. The highest BCUT2D eigenvalue weighted by molar-refractivity contribution is 5.30. The highest BCUT2D eigenvalue weighted by Crippen LogP contribution is 2.22. The van der Waals surface area contributed by atoms with Crippen LogP contribution in [0.3, 0.4) is 0 Å². The molecule has 0 aliphatic carbocycles. The fraction of sp³-hybridized carbons (Fsp3) is 0.467. The predicted molar refractivity (Wildman–Crippen MR) is 68.4 cm³/mol. The van der Waals surface area contributed by atoms with E-state index in [0.29, 0.717) is 5.92 Å². The first-order valence-electron chi connectivity index (χ1n) is 5.86. The van der Waals surface area contributed by atoms with Crippen LogP contribution in [-0.4, -0.2) is 0 Å². The van der Waals surface area contributed by atoms with Crippen molar-refractivity contribution in [1.82, 2.24) is 0 Å². The van der Waals surface area contributed by atoms with Crippen LogP contribution in [0.5, 0.6) is 0 Å². The molecule has 0 bridgehead atoms. The minimum absolute atomic E-state index is 0.631. The minimum Gasteiger partial charge on any atom is -0.0888 e. The van der Waals surface area contributed by atoms with Gasteiger partial charge in [0.2, 0.25) is 0 Å². The van der Waals surface area contributed by atoms with Crippen LogP contribution in [0.4, 0.5) is 0 Å². The molecule has 82 valence electrons. The monoisotopic (exact) mass is 202 g/mol. The van der Waals surface area contributed by atoms with Crippen molar-refractivity contribution in [2.24, 2.45) is 0 Å². The number of hydrogen-bond donors (Lipinski definition) is 0. The maximum Gasteiger partial charge on any atom is -0.0156 e. The Balaban J connectivity index is 2.72. The third-order valence-electron chi connectivity index (χ3n) is 2.71. The highest BCUT2D eigenvalue weighted by atomic mass is 14.1. The van der Waals surface area contributed by atoms with Gasteiger partial charge >= 0.3 is 0 Å². The molecule has 0 amide bonds. The van der Waals surface area contributed by atoms with E-state index in [0.717, 1.165) is 12.8 Å². The van der Waals surface area contributed by atoms with Crippen LogP contribution in [0.15, 0.2) is 30.4 Å². The molecule has 0 aliphatic heterocycles. The van der Waals surface area contributed by atoms with Gasteiger partial charge in [0.1, 0.15) is 0 Å². The lowest BCUT2D eigenvalue weighted by Gasteiger charge is -2.11. The topological polar surface area (TPSA) is 0 Å². The van der Waals surface area contributed by atoms with Crippen molar-refractivity contribution in [3.63, 3.8) is 0 Å². The second-order valence-corrected chi connectivity index (χ2v) is 4.44. The number of rotatable bonds is 4. The van der Waals surface area contributed by atoms with Gasteiger partial charge in [-0.05, 0) is 38.2 Å². The van der Waals surface area contributed by atoms with Crippen LogP contribution >= 0.6 is 0 Å². The average Bonchev–Trinajstić information content (AvgIpc) is 2.16. The van der Waals surface area contributed by atoms with Gasteiger partial charge < -0.3 is 0 Å². The molecule has 0 saturated carbocycles. The van der Waals surface area contributed by atoms with Gasteiger partial charge in [-0.3, -0.25) is 0 Å². The van der Waals surface area contributed by atoms with E-state index < -0.39 is 0 Å². The third kappa shape index (κ3) is 3.91. The lowest BCUT2D eigenvalue weighted by Crippen LogP contribution is -1.93. The van der Waals surface area contributed by atoms with Crippen LogP contribution < -0.4 is 0 Å². The van der Waals surface area contributed by atoms with E-state index >= 15 is 0 Å². The molecule has 1 aromatic carbocycles. The van der Waals surface area contributed by atoms with Gasteiger partial charge in [-0.1, -0.05) is 55.3 Å². The predicted octanol–water partition coefficient (Wildman–Crippen LogP) is 4.76. The van der Waals surface area contributed by atoms with Crippen molar-refractivity contribution in [1.29, 1.82) is 0 Å². The summed E-state index contributed by atoms with van der Waals surface area (Å²) in [6, 6.07) is 6.84. The largest absolute Gasteiger partial charge is 0.0888 e. The van der Waals surface area contributed by atoms with Crippen LogP contribution in [0.2, 0.25) is 0 Å².